The first-order valence-corrected chi connectivity index (χ1v) is 12.6. The SMILES string of the molecule is COC1(C)c2ccc(C#Cc3cc(Cl)ccc3OC(C(=O)O)C(C)(C)C)cc2S(=O)(=O)C1(C)C. The molecule has 1 heterocycles. The summed E-state index contributed by atoms with van der Waals surface area (Å²) in [5.74, 6) is 5.12. The molecule has 2 aromatic carbocycles. The first kappa shape index (κ1) is 26.1. The molecule has 1 aliphatic rings. The van der Waals surface area contributed by atoms with Crippen LogP contribution in [0.4, 0.5) is 0 Å². The van der Waals surface area contributed by atoms with Gasteiger partial charge in [-0.3, -0.25) is 0 Å². The maximum absolute atomic E-state index is 13.3. The fourth-order valence-electron chi connectivity index (χ4n) is 3.99. The molecule has 0 aliphatic carbocycles. The highest BCUT2D eigenvalue weighted by Crippen LogP contribution is 2.52. The summed E-state index contributed by atoms with van der Waals surface area (Å²) in [7, 11) is -2.17. The Hall–Kier alpha value is -2.53. The lowest BCUT2D eigenvalue weighted by Crippen LogP contribution is -2.46. The van der Waals surface area contributed by atoms with Crippen molar-refractivity contribution in [2.75, 3.05) is 7.11 Å². The van der Waals surface area contributed by atoms with E-state index in [4.69, 9.17) is 21.1 Å². The van der Waals surface area contributed by atoms with Crippen LogP contribution in [0.3, 0.4) is 0 Å². The van der Waals surface area contributed by atoms with Crippen molar-refractivity contribution in [3.8, 4) is 17.6 Å². The molecule has 182 valence electrons. The van der Waals surface area contributed by atoms with Crippen LogP contribution >= 0.6 is 11.6 Å². The normalized spacial score (nSPS) is 21.2. The van der Waals surface area contributed by atoms with Gasteiger partial charge >= 0.3 is 5.97 Å². The van der Waals surface area contributed by atoms with Crippen molar-refractivity contribution >= 4 is 27.4 Å². The number of carboxylic acids is 1. The summed E-state index contributed by atoms with van der Waals surface area (Å²) in [4.78, 5) is 11.9. The largest absolute Gasteiger partial charge is 0.478 e. The molecule has 2 atom stereocenters. The second-order valence-corrected chi connectivity index (χ2v) is 13.0. The highest BCUT2D eigenvalue weighted by atomic mass is 35.5. The Morgan fingerprint density at radius 3 is 2.29 bits per heavy atom. The molecule has 0 saturated carbocycles. The summed E-state index contributed by atoms with van der Waals surface area (Å²) in [6.45, 7) is 10.4. The van der Waals surface area contributed by atoms with Crippen LogP contribution in [0.5, 0.6) is 5.75 Å². The Kier molecular flexibility index (Phi) is 6.60. The van der Waals surface area contributed by atoms with Gasteiger partial charge in [-0.05, 0) is 51.1 Å². The van der Waals surface area contributed by atoms with Crippen LogP contribution in [0.2, 0.25) is 5.02 Å². The van der Waals surface area contributed by atoms with Crippen molar-refractivity contribution in [3.63, 3.8) is 0 Å². The number of benzene rings is 2. The van der Waals surface area contributed by atoms with Crippen LogP contribution in [0.25, 0.3) is 0 Å². The molecule has 0 radical (unpaired) electrons. The molecule has 1 aliphatic heterocycles. The molecule has 0 spiro atoms. The highest BCUT2D eigenvalue weighted by molar-refractivity contribution is 7.93. The summed E-state index contributed by atoms with van der Waals surface area (Å²) in [5.41, 5.74) is -0.194. The van der Waals surface area contributed by atoms with Crippen molar-refractivity contribution in [1.29, 1.82) is 0 Å². The summed E-state index contributed by atoms with van der Waals surface area (Å²) >= 11 is 6.15. The summed E-state index contributed by atoms with van der Waals surface area (Å²) in [5, 5.41) is 10.0. The monoisotopic (exact) mass is 504 g/mol. The van der Waals surface area contributed by atoms with Crippen molar-refractivity contribution in [2.24, 2.45) is 5.41 Å². The zero-order valence-electron chi connectivity index (χ0n) is 20.3. The molecule has 0 amide bonds. The number of fused-ring (bicyclic) bond motifs is 1. The fraction of sp³-hybridized carbons (Fsp3) is 0.423. The number of ether oxygens (including phenoxy) is 2. The number of carboxylic acid groups (broad SMARTS) is 1. The van der Waals surface area contributed by atoms with Crippen LogP contribution in [0, 0.1) is 17.3 Å². The van der Waals surface area contributed by atoms with Gasteiger partial charge in [0.25, 0.3) is 0 Å². The predicted molar refractivity (Wildman–Crippen MR) is 131 cm³/mol. The van der Waals surface area contributed by atoms with E-state index in [0.29, 0.717) is 21.7 Å². The number of methoxy groups -OCH3 is 1. The highest BCUT2D eigenvalue weighted by Gasteiger charge is 2.60. The van der Waals surface area contributed by atoms with Gasteiger partial charge < -0.3 is 14.6 Å². The number of halogens is 1. The minimum absolute atomic E-state index is 0.190. The van der Waals surface area contributed by atoms with Crippen LogP contribution < -0.4 is 4.74 Å². The average molecular weight is 505 g/mol. The van der Waals surface area contributed by atoms with Gasteiger partial charge in [0.05, 0.1) is 10.5 Å². The lowest BCUT2D eigenvalue weighted by atomic mass is 9.84. The zero-order chi connectivity index (χ0) is 25.7. The molecular weight excluding hydrogens is 476 g/mol. The Bertz CT molecular complexity index is 1310. The standard InChI is InChI=1S/C26H29ClO6S/c1-24(2,3)22(23(28)29)33-20-13-11-18(27)15-17(20)10-8-16-9-12-19-21(14-16)34(30,31)25(4,5)26(19,6)32-7/h9,11-15,22H,1-7H3,(H,28,29). The molecule has 0 aromatic heterocycles. The molecule has 0 fully saturated rings. The van der Waals surface area contributed by atoms with Gasteiger partial charge in [0.2, 0.25) is 0 Å². The Balaban J connectivity index is 2.07. The van der Waals surface area contributed by atoms with E-state index in [1.54, 1.807) is 77.9 Å². The Morgan fingerprint density at radius 2 is 1.74 bits per heavy atom. The number of sulfone groups is 1. The van der Waals surface area contributed by atoms with E-state index >= 15 is 0 Å². The van der Waals surface area contributed by atoms with Crippen LogP contribution in [-0.4, -0.2) is 37.5 Å². The van der Waals surface area contributed by atoms with Gasteiger partial charge in [-0.1, -0.05) is 50.3 Å². The Morgan fingerprint density at radius 1 is 1.09 bits per heavy atom. The number of carbonyl (C=O) groups is 1. The van der Waals surface area contributed by atoms with Gasteiger partial charge in [-0.2, -0.15) is 0 Å². The van der Waals surface area contributed by atoms with E-state index < -0.39 is 37.7 Å². The van der Waals surface area contributed by atoms with E-state index in [9.17, 15) is 18.3 Å². The van der Waals surface area contributed by atoms with Gasteiger partial charge in [-0.15, -0.1) is 0 Å². The van der Waals surface area contributed by atoms with E-state index in [2.05, 4.69) is 11.8 Å². The van der Waals surface area contributed by atoms with E-state index in [1.807, 2.05) is 0 Å². The van der Waals surface area contributed by atoms with Crippen LogP contribution in [0.1, 0.15) is 58.2 Å². The van der Waals surface area contributed by atoms with Crippen molar-refractivity contribution in [3.05, 3.63) is 58.1 Å². The maximum atomic E-state index is 13.3. The summed E-state index contributed by atoms with van der Waals surface area (Å²) in [6, 6.07) is 9.77. The fourth-order valence-corrected chi connectivity index (χ4v) is 6.26. The number of hydrogen-bond donors (Lipinski definition) is 1. The first-order valence-electron chi connectivity index (χ1n) is 10.7. The van der Waals surface area contributed by atoms with Gasteiger partial charge in [0.15, 0.2) is 15.9 Å². The number of rotatable bonds is 4. The van der Waals surface area contributed by atoms with Gasteiger partial charge in [-0.25, -0.2) is 13.2 Å². The van der Waals surface area contributed by atoms with Crippen LogP contribution in [-0.2, 0) is 25.0 Å². The van der Waals surface area contributed by atoms with E-state index in [0.717, 1.165) is 0 Å². The molecule has 1 N–H and O–H groups in total. The molecule has 3 rings (SSSR count). The molecule has 2 aromatic rings. The third-order valence-electron chi connectivity index (χ3n) is 6.55. The number of hydrogen-bond acceptors (Lipinski definition) is 5. The summed E-state index contributed by atoms with van der Waals surface area (Å²) in [6.07, 6.45) is -1.10. The second kappa shape index (κ2) is 8.60. The molecule has 34 heavy (non-hydrogen) atoms. The van der Waals surface area contributed by atoms with Crippen LogP contribution in [0.15, 0.2) is 41.3 Å². The first-order chi connectivity index (χ1) is 15.6. The van der Waals surface area contributed by atoms with Crippen molar-refractivity contribution < 1.29 is 27.8 Å². The molecule has 6 nitrogen and oxygen atoms in total. The van der Waals surface area contributed by atoms with E-state index in [1.165, 1.54) is 7.11 Å². The Labute approximate surface area is 206 Å². The minimum Gasteiger partial charge on any atom is -0.478 e. The molecule has 0 bridgehead atoms. The lowest BCUT2D eigenvalue weighted by molar-refractivity contribution is -0.150. The van der Waals surface area contributed by atoms with E-state index in [-0.39, 0.29) is 10.6 Å². The average Bonchev–Trinajstić information content (AvgIpc) is 2.85. The third-order valence-corrected chi connectivity index (χ3v) is 9.44. The van der Waals surface area contributed by atoms with Gasteiger partial charge in [0.1, 0.15) is 16.1 Å². The molecule has 2 unspecified atom stereocenters. The number of aliphatic carboxylic acids is 1. The second-order valence-electron chi connectivity index (χ2n) is 10.1. The minimum atomic E-state index is -3.67. The summed E-state index contributed by atoms with van der Waals surface area (Å²) < 4.78 is 36.9. The maximum Gasteiger partial charge on any atom is 0.345 e. The smallest absolute Gasteiger partial charge is 0.345 e. The molecule has 0 saturated heterocycles. The quantitative estimate of drug-likeness (QED) is 0.586. The van der Waals surface area contributed by atoms with Crippen molar-refractivity contribution in [2.45, 2.75) is 62.9 Å². The lowest BCUT2D eigenvalue weighted by Gasteiger charge is -2.35. The third kappa shape index (κ3) is 4.19. The van der Waals surface area contributed by atoms with Crippen molar-refractivity contribution in [1.82, 2.24) is 0 Å². The zero-order valence-corrected chi connectivity index (χ0v) is 21.9. The predicted octanol–water partition coefficient (Wildman–Crippen LogP) is 5.05. The topological polar surface area (TPSA) is 89.9 Å². The molecule has 8 heteroatoms. The van der Waals surface area contributed by atoms with Gasteiger partial charge in [0, 0.05) is 28.7 Å². The molecular formula is C26H29ClO6S.